The summed E-state index contributed by atoms with van der Waals surface area (Å²) in [5.41, 5.74) is 9.17. The van der Waals surface area contributed by atoms with E-state index >= 15 is 0 Å². The molecule has 0 radical (unpaired) electrons. The molecule has 0 bridgehead atoms. The van der Waals surface area contributed by atoms with Crippen LogP contribution >= 0.6 is 0 Å². The quantitative estimate of drug-likeness (QED) is 0.361. The highest BCUT2D eigenvalue weighted by Gasteiger charge is 2.18. The van der Waals surface area contributed by atoms with Gasteiger partial charge in [-0.05, 0) is 50.6 Å². The second-order valence-corrected chi connectivity index (χ2v) is 7.53. The predicted octanol–water partition coefficient (Wildman–Crippen LogP) is 4.12. The van der Waals surface area contributed by atoms with Gasteiger partial charge in [0.25, 0.3) is 5.89 Å². The molecule has 0 unspecified atom stereocenters. The Hall–Kier alpha value is -3.19. The SMILES string of the molecule is C[C@H](O/N=C(\N)c1ccccc1CN1CCCCC1)c1nnc(-c2ccccc2)o1. The lowest BCUT2D eigenvalue weighted by atomic mass is 10.0. The zero-order valence-electron chi connectivity index (χ0n) is 17.2. The van der Waals surface area contributed by atoms with E-state index in [1.807, 2.05) is 48.5 Å². The highest BCUT2D eigenvalue weighted by Crippen LogP contribution is 2.22. The second-order valence-electron chi connectivity index (χ2n) is 7.53. The second kappa shape index (κ2) is 9.54. The molecule has 1 aliphatic heterocycles. The fraction of sp³-hybridized carbons (Fsp3) is 0.348. The minimum absolute atomic E-state index is 0.345. The molecule has 156 valence electrons. The Bertz CT molecular complexity index is 980. The number of aromatic nitrogens is 2. The van der Waals surface area contributed by atoms with Gasteiger partial charge < -0.3 is 15.0 Å². The number of hydrogen-bond acceptors (Lipinski definition) is 6. The minimum Gasteiger partial charge on any atom is -0.417 e. The van der Waals surface area contributed by atoms with Crippen molar-refractivity contribution in [1.29, 1.82) is 0 Å². The van der Waals surface area contributed by atoms with Crippen LogP contribution in [0.5, 0.6) is 0 Å². The van der Waals surface area contributed by atoms with Gasteiger partial charge >= 0.3 is 0 Å². The number of amidine groups is 1. The molecule has 0 aliphatic carbocycles. The molecule has 30 heavy (non-hydrogen) atoms. The highest BCUT2D eigenvalue weighted by molar-refractivity contribution is 5.98. The summed E-state index contributed by atoms with van der Waals surface area (Å²) >= 11 is 0. The summed E-state index contributed by atoms with van der Waals surface area (Å²) in [4.78, 5) is 8.05. The number of rotatable bonds is 7. The molecular weight excluding hydrogens is 378 g/mol. The average Bonchev–Trinajstić information content (AvgIpc) is 3.29. The Morgan fingerprint density at radius 2 is 1.80 bits per heavy atom. The van der Waals surface area contributed by atoms with Gasteiger partial charge in [0.15, 0.2) is 5.84 Å². The van der Waals surface area contributed by atoms with E-state index in [2.05, 4.69) is 26.3 Å². The average molecular weight is 406 g/mol. The Morgan fingerprint density at radius 3 is 2.60 bits per heavy atom. The summed E-state index contributed by atoms with van der Waals surface area (Å²) in [5, 5.41) is 12.3. The number of hydrogen-bond donors (Lipinski definition) is 1. The van der Waals surface area contributed by atoms with Crippen molar-refractivity contribution in [3.63, 3.8) is 0 Å². The van der Waals surface area contributed by atoms with Crippen molar-refractivity contribution in [2.45, 2.75) is 38.8 Å². The smallest absolute Gasteiger partial charge is 0.259 e. The van der Waals surface area contributed by atoms with Gasteiger partial charge in [-0.1, -0.05) is 54.0 Å². The summed E-state index contributed by atoms with van der Waals surface area (Å²) < 4.78 is 5.73. The summed E-state index contributed by atoms with van der Waals surface area (Å²) in [6.45, 7) is 4.92. The van der Waals surface area contributed by atoms with Crippen molar-refractivity contribution >= 4 is 5.84 Å². The number of nitrogens with two attached hydrogens (primary N) is 1. The lowest BCUT2D eigenvalue weighted by Gasteiger charge is -2.27. The molecule has 1 saturated heterocycles. The van der Waals surface area contributed by atoms with E-state index in [1.165, 1.54) is 19.3 Å². The first kappa shape index (κ1) is 20.1. The lowest BCUT2D eigenvalue weighted by Crippen LogP contribution is -2.30. The Balaban J connectivity index is 1.43. The van der Waals surface area contributed by atoms with E-state index in [-0.39, 0.29) is 0 Å². The van der Waals surface area contributed by atoms with Gasteiger partial charge in [-0.15, -0.1) is 10.2 Å². The topological polar surface area (TPSA) is 89.8 Å². The molecule has 0 amide bonds. The van der Waals surface area contributed by atoms with Gasteiger partial charge in [0.05, 0.1) is 0 Å². The van der Waals surface area contributed by atoms with Gasteiger partial charge in [0.2, 0.25) is 12.0 Å². The van der Waals surface area contributed by atoms with Crippen molar-refractivity contribution < 1.29 is 9.25 Å². The fourth-order valence-electron chi connectivity index (χ4n) is 3.59. The number of likely N-dealkylation sites (tertiary alicyclic amines) is 1. The van der Waals surface area contributed by atoms with Crippen LogP contribution in [0.15, 0.2) is 64.2 Å². The van der Waals surface area contributed by atoms with Crippen LogP contribution in [0.4, 0.5) is 0 Å². The van der Waals surface area contributed by atoms with Crippen molar-refractivity contribution in [3.05, 3.63) is 71.6 Å². The van der Waals surface area contributed by atoms with E-state index in [0.29, 0.717) is 17.6 Å². The summed E-state index contributed by atoms with van der Waals surface area (Å²) in [7, 11) is 0. The first-order valence-corrected chi connectivity index (χ1v) is 10.4. The first-order valence-electron chi connectivity index (χ1n) is 10.4. The van der Waals surface area contributed by atoms with Crippen LogP contribution in [0.25, 0.3) is 11.5 Å². The van der Waals surface area contributed by atoms with Crippen molar-refractivity contribution in [3.8, 4) is 11.5 Å². The summed E-state index contributed by atoms with van der Waals surface area (Å²) in [6.07, 6.45) is 3.31. The summed E-state index contributed by atoms with van der Waals surface area (Å²) in [6, 6.07) is 17.7. The molecule has 1 aromatic heterocycles. The normalized spacial score (nSPS) is 16.4. The molecule has 7 heteroatoms. The van der Waals surface area contributed by atoms with Crippen LogP contribution in [-0.4, -0.2) is 34.0 Å². The molecule has 0 spiro atoms. The van der Waals surface area contributed by atoms with E-state index in [0.717, 1.165) is 36.3 Å². The van der Waals surface area contributed by atoms with Gasteiger partial charge in [-0.25, -0.2) is 0 Å². The Morgan fingerprint density at radius 1 is 1.07 bits per heavy atom. The predicted molar refractivity (Wildman–Crippen MR) is 116 cm³/mol. The maximum Gasteiger partial charge on any atom is 0.259 e. The monoisotopic (exact) mass is 405 g/mol. The number of piperidine rings is 1. The van der Waals surface area contributed by atoms with E-state index in [4.69, 9.17) is 15.0 Å². The van der Waals surface area contributed by atoms with Crippen LogP contribution in [0.1, 0.15) is 49.3 Å². The van der Waals surface area contributed by atoms with E-state index in [1.54, 1.807) is 6.92 Å². The van der Waals surface area contributed by atoms with Gasteiger partial charge in [-0.3, -0.25) is 4.90 Å². The summed E-state index contributed by atoms with van der Waals surface area (Å²) in [5.74, 6) is 1.15. The van der Waals surface area contributed by atoms with Crippen molar-refractivity contribution in [2.24, 2.45) is 10.9 Å². The van der Waals surface area contributed by atoms with Crippen LogP contribution in [0.3, 0.4) is 0 Å². The Labute approximate surface area is 176 Å². The molecule has 2 heterocycles. The van der Waals surface area contributed by atoms with Crippen LogP contribution in [0.2, 0.25) is 0 Å². The van der Waals surface area contributed by atoms with Crippen molar-refractivity contribution in [2.75, 3.05) is 13.1 Å². The third-order valence-electron chi connectivity index (χ3n) is 5.25. The van der Waals surface area contributed by atoms with E-state index < -0.39 is 6.10 Å². The molecule has 7 nitrogen and oxygen atoms in total. The number of oxime groups is 1. The minimum atomic E-state index is -0.511. The zero-order chi connectivity index (χ0) is 20.8. The van der Waals surface area contributed by atoms with Crippen molar-refractivity contribution in [1.82, 2.24) is 15.1 Å². The van der Waals surface area contributed by atoms with Gasteiger partial charge in [0, 0.05) is 17.7 Å². The molecule has 2 aromatic carbocycles. The standard InChI is InChI=1S/C23H27N5O2/c1-17(22-25-26-23(29-22)18-10-4-2-5-11-18)30-27-21(24)20-13-7-6-12-19(20)16-28-14-8-3-9-15-28/h2,4-7,10-13,17H,3,8-9,14-16H2,1H3,(H2,24,27)/t17-/m0/s1. The third kappa shape index (κ3) is 4.86. The van der Waals surface area contributed by atoms with Crippen LogP contribution in [0, 0.1) is 0 Å². The van der Waals surface area contributed by atoms with Gasteiger partial charge in [-0.2, -0.15) is 0 Å². The maximum atomic E-state index is 6.26. The first-order chi connectivity index (χ1) is 14.7. The maximum absolute atomic E-state index is 6.26. The fourth-order valence-corrected chi connectivity index (χ4v) is 3.59. The molecule has 1 atom stereocenters. The lowest BCUT2D eigenvalue weighted by molar-refractivity contribution is 0.0526. The Kier molecular flexibility index (Phi) is 6.39. The number of benzene rings is 2. The highest BCUT2D eigenvalue weighted by atomic mass is 16.6. The third-order valence-corrected chi connectivity index (χ3v) is 5.25. The zero-order valence-corrected chi connectivity index (χ0v) is 17.2. The molecule has 2 N–H and O–H groups in total. The molecule has 1 fully saturated rings. The molecule has 4 rings (SSSR count). The number of nitrogens with zero attached hydrogens (tertiary/aromatic N) is 4. The van der Waals surface area contributed by atoms with Crippen LogP contribution in [-0.2, 0) is 11.4 Å². The molecule has 0 saturated carbocycles. The largest absolute Gasteiger partial charge is 0.417 e. The molecule has 1 aliphatic rings. The molecular formula is C23H27N5O2. The van der Waals surface area contributed by atoms with Gasteiger partial charge in [0.1, 0.15) is 0 Å². The van der Waals surface area contributed by atoms with E-state index in [9.17, 15) is 0 Å². The molecule has 3 aromatic rings. The van der Waals surface area contributed by atoms with Crippen LogP contribution < -0.4 is 5.73 Å².